The summed E-state index contributed by atoms with van der Waals surface area (Å²) in [4.78, 5) is 8.99. The summed E-state index contributed by atoms with van der Waals surface area (Å²) >= 11 is 7.66. The van der Waals surface area contributed by atoms with Crippen LogP contribution in [0.15, 0.2) is 78.2 Å². The Morgan fingerprint density at radius 2 is 1.86 bits per heavy atom. The first kappa shape index (κ1) is 18.7. The Morgan fingerprint density at radius 1 is 1.04 bits per heavy atom. The molecule has 0 atom stereocenters. The summed E-state index contributed by atoms with van der Waals surface area (Å²) in [6, 6.07) is 18.2. The van der Waals surface area contributed by atoms with Crippen molar-refractivity contribution in [2.45, 2.75) is 17.8 Å². The molecule has 0 bridgehead atoms. The molecule has 0 amide bonds. The van der Waals surface area contributed by atoms with Crippen molar-refractivity contribution in [2.24, 2.45) is 0 Å². The number of hydrogen-bond acceptors (Lipinski definition) is 3. The van der Waals surface area contributed by atoms with Gasteiger partial charge in [0.15, 0.2) is 5.16 Å². The number of imidazole rings is 1. The largest absolute Gasteiger partial charge is 0.287 e. The topological polar surface area (TPSA) is 30.7 Å². The highest BCUT2D eigenvalue weighted by Crippen LogP contribution is 2.33. The van der Waals surface area contributed by atoms with Crippen LogP contribution in [0.4, 0.5) is 4.39 Å². The SMILES string of the molecule is Cc1ccc(F)cc1-c1cnc(SCc2ccccn2)n1-c1ccc(Cl)cc1. The zero-order valence-corrected chi connectivity index (χ0v) is 16.7. The van der Waals surface area contributed by atoms with Crippen LogP contribution in [0.2, 0.25) is 5.02 Å². The number of aromatic nitrogens is 3. The van der Waals surface area contributed by atoms with Crippen molar-refractivity contribution < 1.29 is 4.39 Å². The van der Waals surface area contributed by atoms with Gasteiger partial charge in [0.25, 0.3) is 0 Å². The summed E-state index contributed by atoms with van der Waals surface area (Å²) in [5.74, 6) is 0.416. The molecule has 0 spiro atoms. The molecule has 0 radical (unpaired) electrons. The lowest BCUT2D eigenvalue weighted by Gasteiger charge is -2.14. The van der Waals surface area contributed by atoms with Crippen LogP contribution in [-0.2, 0) is 5.75 Å². The van der Waals surface area contributed by atoms with Gasteiger partial charge in [-0.25, -0.2) is 9.37 Å². The number of pyridine rings is 1. The Bertz CT molecular complexity index is 1090. The molecule has 140 valence electrons. The van der Waals surface area contributed by atoms with Crippen molar-refractivity contribution >= 4 is 23.4 Å². The molecule has 4 rings (SSSR count). The molecule has 6 heteroatoms. The summed E-state index contributed by atoms with van der Waals surface area (Å²) in [7, 11) is 0. The van der Waals surface area contributed by atoms with Gasteiger partial charge in [-0.3, -0.25) is 9.55 Å². The van der Waals surface area contributed by atoms with Crippen LogP contribution in [0.25, 0.3) is 16.9 Å². The van der Waals surface area contributed by atoms with E-state index in [1.807, 2.05) is 54.0 Å². The standard InChI is InChI=1S/C22H17ClFN3S/c1-15-5-8-17(24)12-20(15)21-13-26-22(28-14-18-4-2-3-11-25-18)27(21)19-9-6-16(23)7-10-19/h2-13H,14H2,1H3. The van der Waals surface area contributed by atoms with E-state index in [2.05, 4.69) is 9.97 Å². The third-order valence-corrected chi connectivity index (χ3v) is 5.60. The van der Waals surface area contributed by atoms with Gasteiger partial charge in [-0.1, -0.05) is 35.5 Å². The molecule has 0 aliphatic rings. The summed E-state index contributed by atoms with van der Waals surface area (Å²) in [5.41, 5.74) is 4.53. The van der Waals surface area contributed by atoms with Crippen molar-refractivity contribution in [3.8, 4) is 16.9 Å². The Balaban J connectivity index is 1.79. The highest BCUT2D eigenvalue weighted by molar-refractivity contribution is 7.98. The van der Waals surface area contributed by atoms with Gasteiger partial charge in [0.05, 0.1) is 17.6 Å². The maximum absolute atomic E-state index is 13.9. The molecule has 2 aromatic heterocycles. The normalized spacial score (nSPS) is 11.0. The third kappa shape index (κ3) is 3.96. The van der Waals surface area contributed by atoms with Crippen molar-refractivity contribution in [1.29, 1.82) is 0 Å². The average Bonchev–Trinajstić information content (AvgIpc) is 3.13. The van der Waals surface area contributed by atoms with Crippen LogP contribution in [0, 0.1) is 12.7 Å². The quantitative estimate of drug-likeness (QED) is 0.361. The van der Waals surface area contributed by atoms with E-state index in [0.717, 1.165) is 33.4 Å². The van der Waals surface area contributed by atoms with Gasteiger partial charge >= 0.3 is 0 Å². The fraction of sp³-hybridized carbons (Fsp3) is 0.0909. The van der Waals surface area contributed by atoms with E-state index in [1.165, 1.54) is 6.07 Å². The molecule has 0 aliphatic heterocycles. The lowest BCUT2D eigenvalue weighted by atomic mass is 10.1. The second-order valence-corrected chi connectivity index (χ2v) is 7.69. The van der Waals surface area contributed by atoms with Crippen LogP contribution >= 0.6 is 23.4 Å². The van der Waals surface area contributed by atoms with Gasteiger partial charge in [0, 0.05) is 28.2 Å². The first-order valence-corrected chi connectivity index (χ1v) is 10.1. The molecular weight excluding hydrogens is 393 g/mol. The van der Waals surface area contributed by atoms with Gasteiger partial charge < -0.3 is 0 Å². The average molecular weight is 410 g/mol. The van der Waals surface area contributed by atoms with E-state index in [4.69, 9.17) is 11.6 Å². The number of benzene rings is 2. The van der Waals surface area contributed by atoms with Crippen LogP contribution in [-0.4, -0.2) is 14.5 Å². The minimum absolute atomic E-state index is 0.271. The summed E-state index contributed by atoms with van der Waals surface area (Å²) in [6.45, 7) is 1.97. The summed E-state index contributed by atoms with van der Waals surface area (Å²) in [6.07, 6.45) is 3.57. The van der Waals surface area contributed by atoms with Crippen molar-refractivity contribution in [3.05, 3.63) is 95.2 Å². The zero-order chi connectivity index (χ0) is 19.5. The second-order valence-electron chi connectivity index (χ2n) is 6.31. The van der Waals surface area contributed by atoms with Crippen molar-refractivity contribution in [3.63, 3.8) is 0 Å². The lowest BCUT2D eigenvalue weighted by Crippen LogP contribution is -2.00. The van der Waals surface area contributed by atoms with Gasteiger partial charge in [-0.2, -0.15) is 0 Å². The van der Waals surface area contributed by atoms with Gasteiger partial charge in [0.1, 0.15) is 5.82 Å². The Morgan fingerprint density at radius 3 is 2.61 bits per heavy atom. The van der Waals surface area contributed by atoms with Crippen molar-refractivity contribution in [1.82, 2.24) is 14.5 Å². The molecule has 0 saturated carbocycles. The monoisotopic (exact) mass is 409 g/mol. The van der Waals surface area contributed by atoms with E-state index in [-0.39, 0.29) is 5.82 Å². The molecule has 4 aromatic rings. The smallest absolute Gasteiger partial charge is 0.173 e. The van der Waals surface area contributed by atoms with E-state index in [1.54, 1.807) is 36.3 Å². The molecule has 2 heterocycles. The van der Waals surface area contributed by atoms with E-state index >= 15 is 0 Å². The predicted molar refractivity (Wildman–Crippen MR) is 113 cm³/mol. The Kier molecular flexibility index (Phi) is 5.46. The predicted octanol–water partition coefficient (Wildman–Crippen LogP) is 6.33. The maximum atomic E-state index is 13.9. The van der Waals surface area contributed by atoms with E-state index in [0.29, 0.717) is 10.8 Å². The number of rotatable bonds is 5. The molecule has 0 fully saturated rings. The summed E-state index contributed by atoms with van der Waals surface area (Å²) < 4.78 is 16.0. The first-order valence-electron chi connectivity index (χ1n) is 8.75. The zero-order valence-electron chi connectivity index (χ0n) is 15.1. The van der Waals surface area contributed by atoms with Gasteiger partial charge in [-0.05, 0) is 61.0 Å². The van der Waals surface area contributed by atoms with Crippen molar-refractivity contribution in [2.75, 3.05) is 0 Å². The number of nitrogens with zero attached hydrogens (tertiary/aromatic N) is 3. The lowest BCUT2D eigenvalue weighted by molar-refractivity contribution is 0.627. The Labute approximate surface area is 172 Å². The molecule has 0 unspecified atom stereocenters. The number of hydrogen-bond donors (Lipinski definition) is 0. The molecular formula is C22H17ClFN3S. The fourth-order valence-corrected chi connectivity index (χ4v) is 3.99. The van der Waals surface area contributed by atoms with E-state index < -0.39 is 0 Å². The minimum atomic E-state index is -0.271. The van der Waals surface area contributed by atoms with Crippen LogP contribution < -0.4 is 0 Å². The molecule has 0 N–H and O–H groups in total. The number of thioether (sulfide) groups is 1. The highest BCUT2D eigenvalue weighted by Gasteiger charge is 2.16. The molecule has 3 nitrogen and oxygen atoms in total. The molecule has 28 heavy (non-hydrogen) atoms. The molecule has 2 aromatic carbocycles. The minimum Gasteiger partial charge on any atom is -0.287 e. The first-order chi connectivity index (χ1) is 13.6. The van der Waals surface area contributed by atoms with E-state index in [9.17, 15) is 4.39 Å². The fourth-order valence-electron chi connectivity index (χ4n) is 2.96. The van der Waals surface area contributed by atoms with Crippen LogP contribution in [0.1, 0.15) is 11.3 Å². The van der Waals surface area contributed by atoms with Gasteiger partial charge in [0.2, 0.25) is 0 Å². The molecule has 0 saturated heterocycles. The van der Waals surface area contributed by atoms with Crippen LogP contribution in [0.3, 0.4) is 0 Å². The second kappa shape index (κ2) is 8.17. The highest BCUT2D eigenvalue weighted by atomic mass is 35.5. The molecule has 0 aliphatic carbocycles. The van der Waals surface area contributed by atoms with Crippen LogP contribution in [0.5, 0.6) is 0 Å². The number of aryl methyl sites for hydroxylation is 1. The third-order valence-electron chi connectivity index (χ3n) is 4.37. The van der Waals surface area contributed by atoms with Gasteiger partial charge in [-0.15, -0.1) is 0 Å². The summed E-state index contributed by atoms with van der Waals surface area (Å²) in [5, 5.41) is 1.47. The Hall–Kier alpha value is -2.63. The number of halogens is 2. The maximum Gasteiger partial charge on any atom is 0.173 e.